The van der Waals surface area contributed by atoms with Crippen LogP contribution in [0.2, 0.25) is 0 Å². The van der Waals surface area contributed by atoms with Crippen LogP contribution < -0.4 is 0 Å². The first-order valence-corrected chi connectivity index (χ1v) is 5.58. The minimum Gasteiger partial charge on any atom is -0.307 e. The molecule has 1 atom stereocenters. The topological polar surface area (TPSA) is 59.3 Å². The summed E-state index contributed by atoms with van der Waals surface area (Å²) in [7, 11) is -3.41. The SMILES string of the molecule is CCOP(=O)(OCC)[C@@H](Cl)C#N. The highest BCUT2D eigenvalue weighted by molar-refractivity contribution is 7.56. The molecule has 0 spiro atoms. The fourth-order valence-electron chi connectivity index (χ4n) is 0.599. The maximum Gasteiger partial charge on any atom is 0.362 e. The van der Waals surface area contributed by atoms with Crippen LogP contribution in [-0.2, 0) is 13.6 Å². The van der Waals surface area contributed by atoms with Gasteiger partial charge in [0.15, 0.2) is 0 Å². The first kappa shape index (κ1) is 11.9. The molecular formula is C6H11ClNO3P. The van der Waals surface area contributed by atoms with Crippen LogP contribution in [0.25, 0.3) is 0 Å². The zero-order chi connectivity index (χ0) is 9.61. The summed E-state index contributed by atoms with van der Waals surface area (Å²) >= 11 is 5.46. The Kier molecular flexibility index (Phi) is 5.52. The van der Waals surface area contributed by atoms with Gasteiger partial charge in [0.05, 0.1) is 19.3 Å². The van der Waals surface area contributed by atoms with E-state index >= 15 is 0 Å². The highest BCUT2D eigenvalue weighted by Crippen LogP contribution is 2.54. The van der Waals surface area contributed by atoms with Crippen LogP contribution >= 0.6 is 19.2 Å². The second-order valence-electron chi connectivity index (χ2n) is 1.84. The number of halogens is 1. The maximum absolute atomic E-state index is 11.5. The van der Waals surface area contributed by atoms with E-state index in [1.165, 1.54) is 0 Å². The number of alkyl halides is 1. The van der Waals surface area contributed by atoms with Crippen molar-refractivity contribution in [2.75, 3.05) is 13.2 Å². The predicted molar refractivity (Wildman–Crippen MR) is 46.1 cm³/mol. The van der Waals surface area contributed by atoms with Crippen LogP contribution in [0.1, 0.15) is 13.8 Å². The van der Waals surface area contributed by atoms with Crippen molar-refractivity contribution < 1.29 is 13.6 Å². The summed E-state index contributed by atoms with van der Waals surface area (Å²) in [6.45, 7) is 3.74. The molecule has 4 nitrogen and oxygen atoms in total. The highest BCUT2D eigenvalue weighted by atomic mass is 35.5. The number of hydrogen-bond donors (Lipinski definition) is 0. The third-order valence-electron chi connectivity index (χ3n) is 1.00. The Morgan fingerprint density at radius 2 is 1.92 bits per heavy atom. The van der Waals surface area contributed by atoms with Crippen LogP contribution in [0.15, 0.2) is 0 Å². The highest BCUT2D eigenvalue weighted by Gasteiger charge is 2.33. The Hall–Kier alpha value is -0.0700. The Labute approximate surface area is 76.9 Å². The normalized spacial score (nSPS) is 13.8. The molecule has 6 heteroatoms. The van der Waals surface area contributed by atoms with E-state index in [2.05, 4.69) is 0 Å². The standard InChI is InChI=1S/C6H11ClNO3P/c1-3-10-12(9,11-4-2)6(7)5-8/h6H,3-4H2,1-2H3/t6-/m1/s1. The molecule has 0 fully saturated rings. The van der Waals surface area contributed by atoms with Crippen LogP contribution in [0.4, 0.5) is 0 Å². The largest absolute Gasteiger partial charge is 0.362 e. The van der Waals surface area contributed by atoms with Gasteiger partial charge >= 0.3 is 7.60 Å². The molecule has 0 heterocycles. The van der Waals surface area contributed by atoms with E-state index in [0.29, 0.717) is 0 Å². The quantitative estimate of drug-likeness (QED) is 0.517. The third-order valence-corrected chi connectivity index (χ3v) is 3.72. The Bertz CT molecular complexity index is 205. The first-order valence-electron chi connectivity index (χ1n) is 3.53. The van der Waals surface area contributed by atoms with Crippen molar-refractivity contribution in [3.8, 4) is 6.07 Å². The van der Waals surface area contributed by atoms with Gasteiger partial charge in [0, 0.05) is 0 Å². The van der Waals surface area contributed by atoms with Crippen molar-refractivity contribution in [2.45, 2.75) is 19.0 Å². The lowest BCUT2D eigenvalue weighted by Gasteiger charge is -2.16. The third kappa shape index (κ3) is 3.12. The number of hydrogen-bond acceptors (Lipinski definition) is 4. The summed E-state index contributed by atoms with van der Waals surface area (Å²) in [5.41, 5.74) is 0. The average Bonchev–Trinajstić information content (AvgIpc) is 2.04. The van der Waals surface area contributed by atoms with Crippen molar-refractivity contribution in [3.63, 3.8) is 0 Å². The van der Waals surface area contributed by atoms with Gasteiger partial charge in [-0.1, -0.05) is 11.6 Å². The van der Waals surface area contributed by atoms with Crippen LogP contribution in [0.5, 0.6) is 0 Å². The van der Waals surface area contributed by atoms with E-state index < -0.39 is 12.7 Å². The summed E-state index contributed by atoms with van der Waals surface area (Å²) in [6, 6.07) is 1.63. The second kappa shape index (κ2) is 5.55. The van der Waals surface area contributed by atoms with Crippen molar-refractivity contribution in [1.29, 1.82) is 5.26 Å². The summed E-state index contributed by atoms with van der Waals surface area (Å²) in [5, 5.41) is 7.18. The fraction of sp³-hybridized carbons (Fsp3) is 0.833. The van der Waals surface area contributed by atoms with Gasteiger partial charge in [-0.3, -0.25) is 4.57 Å². The lowest BCUT2D eigenvalue weighted by molar-refractivity contribution is 0.221. The fourth-order valence-corrected chi connectivity index (χ4v) is 2.13. The monoisotopic (exact) mass is 211 g/mol. The lowest BCUT2D eigenvalue weighted by atomic mass is 10.9. The molecule has 12 heavy (non-hydrogen) atoms. The van der Waals surface area contributed by atoms with Gasteiger partial charge in [-0.25, -0.2) is 0 Å². The van der Waals surface area contributed by atoms with Crippen molar-refractivity contribution in [1.82, 2.24) is 0 Å². The summed E-state index contributed by atoms with van der Waals surface area (Å²) in [4.78, 5) is 0. The Balaban J connectivity index is 4.40. The van der Waals surface area contributed by atoms with Gasteiger partial charge in [0.25, 0.3) is 0 Å². The molecule has 0 unspecified atom stereocenters. The van der Waals surface area contributed by atoms with Gasteiger partial charge in [-0.15, -0.1) is 0 Å². The molecule has 0 aliphatic heterocycles. The second-order valence-corrected chi connectivity index (χ2v) is 4.69. The van der Waals surface area contributed by atoms with Gasteiger partial charge in [-0.2, -0.15) is 5.26 Å². The van der Waals surface area contributed by atoms with E-state index in [4.69, 9.17) is 25.9 Å². The van der Waals surface area contributed by atoms with Gasteiger partial charge in [0.1, 0.15) is 0 Å². The molecular weight excluding hydrogens is 200 g/mol. The molecule has 0 bridgehead atoms. The van der Waals surface area contributed by atoms with E-state index in [1.807, 2.05) is 0 Å². The Morgan fingerprint density at radius 3 is 2.17 bits per heavy atom. The Morgan fingerprint density at radius 1 is 1.50 bits per heavy atom. The molecule has 0 radical (unpaired) electrons. The predicted octanol–water partition coefficient (Wildman–Crippen LogP) is 2.34. The number of rotatable bonds is 5. The molecule has 0 aliphatic carbocycles. The summed E-state index contributed by atoms with van der Waals surface area (Å²) < 4.78 is 21.1. The van der Waals surface area contributed by atoms with E-state index in [1.54, 1.807) is 19.9 Å². The van der Waals surface area contributed by atoms with Gasteiger partial charge < -0.3 is 9.05 Å². The molecule has 0 aromatic carbocycles. The minimum atomic E-state index is -3.41. The first-order chi connectivity index (χ1) is 5.60. The van der Waals surface area contributed by atoms with Crippen LogP contribution in [-0.4, -0.2) is 18.3 Å². The number of nitrogens with zero attached hydrogens (tertiary/aromatic N) is 1. The smallest absolute Gasteiger partial charge is 0.307 e. The van der Waals surface area contributed by atoms with Crippen molar-refractivity contribution in [3.05, 3.63) is 0 Å². The van der Waals surface area contributed by atoms with E-state index in [9.17, 15) is 4.57 Å². The summed E-state index contributed by atoms with van der Waals surface area (Å²) in [5.74, 6) is 0. The average molecular weight is 212 g/mol. The molecule has 0 saturated carbocycles. The molecule has 70 valence electrons. The zero-order valence-electron chi connectivity index (χ0n) is 6.99. The van der Waals surface area contributed by atoms with Gasteiger partial charge in [-0.05, 0) is 13.8 Å². The maximum atomic E-state index is 11.5. The zero-order valence-corrected chi connectivity index (χ0v) is 8.64. The summed E-state index contributed by atoms with van der Waals surface area (Å²) in [6.07, 6.45) is 0. The van der Waals surface area contributed by atoms with Gasteiger partial charge in [0.2, 0.25) is 5.12 Å². The number of nitriles is 1. The minimum absolute atomic E-state index is 0.210. The van der Waals surface area contributed by atoms with Crippen LogP contribution in [0.3, 0.4) is 0 Å². The molecule has 0 rings (SSSR count). The van der Waals surface area contributed by atoms with Crippen LogP contribution in [0, 0.1) is 11.3 Å². The molecule has 0 aromatic heterocycles. The van der Waals surface area contributed by atoms with Crippen molar-refractivity contribution >= 4 is 19.2 Å². The molecule has 0 aliphatic rings. The van der Waals surface area contributed by atoms with E-state index in [-0.39, 0.29) is 13.2 Å². The van der Waals surface area contributed by atoms with Crippen molar-refractivity contribution in [2.24, 2.45) is 0 Å². The molecule has 0 aromatic rings. The van der Waals surface area contributed by atoms with E-state index in [0.717, 1.165) is 0 Å². The molecule has 0 amide bonds. The lowest BCUT2D eigenvalue weighted by Crippen LogP contribution is -2.05. The molecule has 0 N–H and O–H groups in total. The molecule has 0 saturated heterocycles.